The minimum atomic E-state index is 0.235. The van der Waals surface area contributed by atoms with Gasteiger partial charge in [-0.05, 0) is 55.4 Å². The van der Waals surface area contributed by atoms with Crippen LogP contribution in [0.3, 0.4) is 0 Å². The van der Waals surface area contributed by atoms with Gasteiger partial charge >= 0.3 is 0 Å². The maximum atomic E-state index is 6.13. The molecule has 0 amide bonds. The zero-order valence-electron chi connectivity index (χ0n) is 12.6. The molecule has 110 valence electrons. The van der Waals surface area contributed by atoms with Gasteiger partial charge in [0.2, 0.25) is 0 Å². The lowest BCUT2D eigenvalue weighted by Crippen LogP contribution is -2.19. The van der Waals surface area contributed by atoms with Gasteiger partial charge in [0.25, 0.3) is 0 Å². The summed E-state index contributed by atoms with van der Waals surface area (Å²) in [6, 6.07) is 4.53. The van der Waals surface area contributed by atoms with Crippen LogP contribution < -0.4 is 10.5 Å². The fourth-order valence-electron chi connectivity index (χ4n) is 2.90. The Balaban J connectivity index is 2.11. The molecule has 20 heavy (non-hydrogen) atoms. The highest BCUT2D eigenvalue weighted by Crippen LogP contribution is 2.33. The second-order valence-electron chi connectivity index (χ2n) is 5.38. The topological polar surface area (TPSA) is 44.5 Å². The molecule has 0 saturated carbocycles. The highest BCUT2D eigenvalue weighted by molar-refractivity contribution is 5.49. The second kappa shape index (κ2) is 6.80. The fourth-order valence-corrected chi connectivity index (χ4v) is 2.90. The number of allylic oxidation sites excluding steroid dienone is 1. The van der Waals surface area contributed by atoms with E-state index in [9.17, 15) is 0 Å². The third kappa shape index (κ3) is 3.34. The number of aryl methyl sites for hydroxylation is 1. The van der Waals surface area contributed by atoms with Gasteiger partial charge in [0, 0.05) is 12.5 Å². The van der Waals surface area contributed by atoms with Crippen LogP contribution in [-0.4, -0.2) is 19.8 Å². The van der Waals surface area contributed by atoms with E-state index in [1.807, 2.05) is 6.92 Å². The lowest BCUT2D eigenvalue weighted by Gasteiger charge is -2.13. The van der Waals surface area contributed by atoms with Crippen molar-refractivity contribution >= 4 is 0 Å². The van der Waals surface area contributed by atoms with Crippen LogP contribution in [0.25, 0.3) is 0 Å². The van der Waals surface area contributed by atoms with Gasteiger partial charge in [-0.2, -0.15) is 0 Å². The Bertz CT molecular complexity index is 482. The minimum absolute atomic E-state index is 0.235. The third-order valence-electron chi connectivity index (χ3n) is 3.91. The van der Waals surface area contributed by atoms with Crippen molar-refractivity contribution in [1.82, 2.24) is 0 Å². The molecule has 0 fully saturated rings. The first-order valence-corrected chi connectivity index (χ1v) is 7.39. The second-order valence-corrected chi connectivity index (χ2v) is 5.38. The van der Waals surface area contributed by atoms with Crippen LogP contribution in [0.2, 0.25) is 0 Å². The highest BCUT2D eigenvalue weighted by Gasteiger charge is 2.24. The number of fused-ring (bicyclic) bond motifs is 1. The van der Waals surface area contributed by atoms with Gasteiger partial charge in [0.15, 0.2) is 0 Å². The predicted molar refractivity (Wildman–Crippen MR) is 82.1 cm³/mol. The van der Waals surface area contributed by atoms with Crippen molar-refractivity contribution in [3.63, 3.8) is 0 Å². The van der Waals surface area contributed by atoms with Gasteiger partial charge < -0.3 is 15.2 Å². The van der Waals surface area contributed by atoms with Crippen LogP contribution in [0, 0.1) is 0 Å². The summed E-state index contributed by atoms with van der Waals surface area (Å²) in [6.45, 7) is 6.59. The van der Waals surface area contributed by atoms with Gasteiger partial charge in [-0.15, -0.1) is 0 Å². The Labute approximate surface area is 121 Å². The van der Waals surface area contributed by atoms with Crippen molar-refractivity contribution in [1.29, 1.82) is 0 Å². The first-order chi connectivity index (χ1) is 9.65. The van der Waals surface area contributed by atoms with Gasteiger partial charge in [-0.3, -0.25) is 0 Å². The van der Waals surface area contributed by atoms with Crippen LogP contribution in [0.4, 0.5) is 0 Å². The average molecular weight is 275 g/mol. The molecule has 3 nitrogen and oxygen atoms in total. The first-order valence-electron chi connectivity index (χ1n) is 7.39. The van der Waals surface area contributed by atoms with E-state index in [0.717, 1.165) is 43.6 Å². The molecule has 0 aromatic heterocycles. The summed E-state index contributed by atoms with van der Waals surface area (Å²) in [5.41, 5.74) is 10.3. The molecule has 1 aromatic carbocycles. The molecule has 0 aliphatic heterocycles. The molecule has 1 aliphatic carbocycles. The summed E-state index contributed by atoms with van der Waals surface area (Å²) in [4.78, 5) is 0. The van der Waals surface area contributed by atoms with E-state index in [4.69, 9.17) is 15.2 Å². The number of benzene rings is 1. The van der Waals surface area contributed by atoms with Gasteiger partial charge in [-0.25, -0.2) is 0 Å². The molecule has 2 N–H and O–H groups in total. The Morgan fingerprint density at radius 1 is 1.35 bits per heavy atom. The molecular formula is C17H25NO2. The van der Waals surface area contributed by atoms with E-state index in [1.165, 1.54) is 16.7 Å². The molecule has 1 unspecified atom stereocenters. The van der Waals surface area contributed by atoms with E-state index in [1.54, 1.807) is 7.11 Å². The van der Waals surface area contributed by atoms with Crippen molar-refractivity contribution in [2.75, 3.05) is 13.7 Å². The molecule has 0 heterocycles. The molecular weight excluding hydrogens is 250 g/mol. The zero-order valence-corrected chi connectivity index (χ0v) is 12.6. The zero-order chi connectivity index (χ0) is 14.5. The minimum Gasteiger partial charge on any atom is -0.502 e. The quantitative estimate of drug-likeness (QED) is 0.778. The molecule has 0 saturated heterocycles. The predicted octanol–water partition coefficient (Wildman–Crippen LogP) is 2.99. The van der Waals surface area contributed by atoms with Crippen LogP contribution in [0.1, 0.15) is 36.5 Å². The molecule has 1 aliphatic rings. The van der Waals surface area contributed by atoms with Crippen LogP contribution >= 0.6 is 0 Å². The fraction of sp³-hybridized carbons (Fsp3) is 0.529. The van der Waals surface area contributed by atoms with Gasteiger partial charge in [0.05, 0.1) is 19.5 Å². The van der Waals surface area contributed by atoms with E-state index >= 15 is 0 Å². The van der Waals surface area contributed by atoms with Gasteiger partial charge in [0.1, 0.15) is 5.75 Å². The van der Waals surface area contributed by atoms with E-state index < -0.39 is 0 Å². The molecule has 1 aromatic rings. The Morgan fingerprint density at radius 2 is 2.10 bits per heavy atom. The van der Waals surface area contributed by atoms with Crippen molar-refractivity contribution in [3.8, 4) is 5.75 Å². The summed E-state index contributed by atoms with van der Waals surface area (Å²) >= 11 is 0. The normalized spacial score (nSPS) is 16.9. The standard InChI is InChI=1S/C17H25NO2/c1-4-20-17-9-8-13(7-5-6-12(2)19-3)15-10-14(18)11-16(15)17/h8-9,14H,2,4-7,10-11,18H2,1,3H3. The molecule has 0 radical (unpaired) electrons. The monoisotopic (exact) mass is 275 g/mol. The number of ether oxygens (including phenoxy) is 2. The molecule has 0 bridgehead atoms. The molecule has 2 rings (SSSR count). The number of hydrogen-bond donors (Lipinski definition) is 1. The van der Waals surface area contributed by atoms with Crippen molar-refractivity contribution in [3.05, 3.63) is 41.2 Å². The maximum Gasteiger partial charge on any atom is 0.122 e. The maximum absolute atomic E-state index is 6.13. The Morgan fingerprint density at radius 3 is 2.80 bits per heavy atom. The SMILES string of the molecule is C=C(CCCc1ccc(OCC)c2c1CC(N)C2)OC. The lowest BCUT2D eigenvalue weighted by molar-refractivity contribution is 0.277. The Kier molecular flexibility index (Phi) is 5.07. The van der Waals surface area contributed by atoms with E-state index in [0.29, 0.717) is 6.61 Å². The summed E-state index contributed by atoms with van der Waals surface area (Å²) in [5, 5.41) is 0. The molecule has 3 heteroatoms. The molecule has 0 spiro atoms. The summed E-state index contributed by atoms with van der Waals surface area (Å²) < 4.78 is 10.8. The number of methoxy groups -OCH3 is 1. The molecule has 1 atom stereocenters. The van der Waals surface area contributed by atoms with Crippen molar-refractivity contribution < 1.29 is 9.47 Å². The van der Waals surface area contributed by atoms with Gasteiger partial charge in [-0.1, -0.05) is 12.6 Å². The summed E-state index contributed by atoms with van der Waals surface area (Å²) in [7, 11) is 1.68. The van der Waals surface area contributed by atoms with Crippen LogP contribution in [0.5, 0.6) is 5.75 Å². The first kappa shape index (κ1) is 14.9. The number of hydrogen-bond acceptors (Lipinski definition) is 3. The smallest absolute Gasteiger partial charge is 0.122 e. The van der Waals surface area contributed by atoms with Crippen molar-refractivity contribution in [2.45, 2.75) is 45.1 Å². The number of nitrogens with two attached hydrogens (primary N) is 1. The lowest BCUT2D eigenvalue weighted by atomic mass is 9.98. The van der Waals surface area contributed by atoms with Crippen molar-refractivity contribution in [2.24, 2.45) is 5.73 Å². The van der Waals surface area contributed by atoms with E-state index in [-0.39, 0.29) is 6.04 Å². The van der Waals surface area contributed by atoms with Crippen LogP contribution in [0.15, 0.2) is 24.5 Å². The van der Waals surface area contributed by atoms with Crippen LogP contribution in [-0.2, 0) is 24.0 Å². The summed E-state index contributed by atoms with van der Waals surface area (Å²) in [6.07, 6.45) is 4.91. The van der Waals surface area contributed by atoms with E-state index in [2.05, 4.69) is 18.7 Å². The average Bonchev–Trinajstić information content (AvgIpc) is 2.83. The Hall–Kier alpha value is -1.48. The largest absolute Gasteiger partial charge is 0.502 e. The third-order valence-corrected chi connectivity index (χ3v) is 3.91. The summed E-state index contributed by atoms with van der Waals surface area (Å²) in [5.74, 6) is 1.87. The number of rotatable bonds is 7. The highest BCUT2D eigenvalue weighted by atomic mass is 16.5.